The van der Waals surface area contributed by atoms with Crippen LogP contribution < -0.4 is 15.4 Å². The molecule has 4 aliphatic rings. The number of hydrogen-bond acceptors (Lipinski definition) is 7. The van der Waals surface area contributed by atoms with E-state index >= 15 is 0 Å². The van der Waals surface area contributed by atoms with Gasteiger partial charge in [0, 0.05) is 56.4 Å². The highest BCUT2D eigenvalue weighted by atomic mass is 32.1. The Morgan fingerprint density at radius 1 is 1.02 bits per heavy atom. The third-order valence-corrected chi connectivity index (χ3v) is 9.99. The third-order valence-electron chi connectivity index (χ3n) is 9.22. The Morgan fingerprint density at radius 3 is 2.57 bits per heavy atom. The number of nitrogens with one attached hydrogen (secondary N) is 2. The van der Waals surface area contributed by atoms with Crippen LogP contribution in [0.4, 0.5) is 0 Å². The number of nitrogens with zero attached hydrogens (tertiary/aromatic N) is 3. The summed E-state index contributed by atoms with van der Waals surface area (Å²) in [7, 11) is 1.63. The van der Waals surface area contributed by atoms with E-state index in [1.807, 2.05) is 17.0 Å². The van der Waals surface area contributed by atoms with Gasteiger partial charge in [0.25, 0.3) is 5.91 Å². The van der Waals surface area contributed by atoms with Gasteiger partial charge in [-0.1, -0.05) is 25.0 Å². The van der Waals surface area contributed by atoms with Crippen molar-refractivity contribution in [3.63, 3.8) is 0 Å². The van der Waals surface area contributed by atoms with Crippen molar-refractivity contribution >= 4 is 35.0 Å². The molecular weight excluding hydrogens is 554 g/mol. The molecule has 4 atom stereocenters. The Bertz CT molecular complexity index is 1330. The van der Waals surface area contributed by atoms with Gasteiger partial charge >= 0.3 is 0 Å². The zero-order valence-corrected chi connectivity index (χ0v) is 24.9. The number of aromatic nitrogens is 1. The molecule has 224 valence electrons. The number of carbonyl (C=O) groups is 4. The van der Waals surface area contributed by atoms with Crippen LogP contribution in [0.25, 0.3) is 0 Å². The molecule has 0 spiro atoms. The molecule has 2 saturated carbocycles. The van der Waals surface area contributed by atoms with Crippen LogP contribution in [0.3, 0.4) is 0 Å². The lowest BCUT2D eigenvalue weighted by molar-refractivity contribution is -0.146. The molecule has 0 radical (unpaired) electrons. The number of likely N-dealkylation sites (tertiary alicyclic amines) is 1. The fourth-order valence-electron chi connectivity index (χ4n) is 6.81. The number of carbonyl (C=O) groups excluding carboxylic acids is 4. The second-order valence-corrected chi connectivity index (χ2v) is 12.8. The van der Waals surface area contributed by atoms with Gasteiger partial charge in [0.2, 0.25) is 17.7 Å². The highest BCUT2D eigenvalue weighted by Crippen LogP contribution is 2.41. The number of benzene rings is 1. The minimum atomic E-state index is -0.399. The van der Waals surface area contributed by atoms with Crippen LogP contribution in [-0.2, 0) is 20.8 Å². The molecule has 2 aromatic rings. The monoisotopic (exact) mass is 593 g/mol. The standard InChI is InChI=1S/C31H39N5O5S/c1-32-29(38)22-6-2-3-7-23(22)30(39)36-14-11-19-5-4-8-25(27(19)24(36)15-34-28(37)20-9-10-20)41-21-12-13-35(17-21)31(40)26-16-33-18-42-26/h4-5,8,16,18,20-24H,2-3,6-7,9-15,17H2,1H3,(H,32,38)(H,34,37)/t21-,22-,23+,24+/m0/s1. The number of rotatable bonds is 8. The lowest BCUT2D eigenvalue weighted by atomic mass is 9.77. The maximum absolute atomic E-state index is 14.2. The van der Waals surface area contributed by atoms with E-state index < -0.39 is 6.04 Å². The quantitative estimate of drug-likeness (QED) is 0.486. The first-order chi connectivity index (χ1) is 20.4. The summed E-state index contributed by atoms with van der Waals surface area (Å²) in [6.07, 6.45) is 7.84. The molecule has 3 fully saturated rings. The summed E-state index contributed by atoms with van der Waals surface area (Å²) in [5.74, 6) is -0.0681. The lowest BCUT2D eigenvalue weighted by Crippen LogP contribution is -2.50. The summed E-state index contributed by atoms with van der Waals surface area (Å²) in [5, 5.41) is 5.88. The maximum Gasteiger partial charge on any atom is 0.265 e. The highest BCUT2D eigenvalue weighted by Gasteiger charge is 2.42. The average molecular weight is 594 g/mol. The molecule has 1 aromatic heterocycles. The average Bonchev–Trinajstić information content (AvgIpc) is 3.52. The molecule has 10 nitrogen and oxygen atoms in total. The van der Waals surface area contributed by atoms with E-state index in [9.17, 15) is 19.2 Å². The molecule has 2 N–H and O–H groups in total. The summed E-state index contributed by atoms with van der Waals surface area (Å²) in [6.45, 7) is 1.90. The predicted molar refractivity (Wildman–Crippen MR) is 157 cm³/mol. The lowest BCUT2D eigenvalue weighted by Gasteiger charge is -2.42. The van der Waals surface area contributed by atoms with Crippen LogP contribution in [-0.4, -0.2) is 77.7 Å². The van der Waals surface area contributed by atoms with Gasteiger partial charge in [-0.2, -0.15) is 0 Å². The minimum absolute atomic E-state index is 0.0170. The van der Waals surface area contributed by atoms with Crippen LogP contribution in [0.2, 0.25) is 0 Å². The van der Waals surface area contributed by atoms with Gasteiger partial charge < -0.3 is 25.2 Å². The van der Waals surface area contributed by atoms with Gasteiger partial charge in [0.15, 0.2) is 0 Å². The SMILES string of the molecule is CNC(=O)[C@H]1CCCC[C@H]1C(=O)N1CCc2cccc(O[C@H]3CCN(C(=O)c4cncs4)C3)c2[C@H]1CNC(=O)C1CC1. The topological polar surface area (TPSA) is 121 Å². The Balaban J connectivity index is 1.25. The van der Waals surface area contributed by atoms with E-state index in [2.05, 4.69) is 21.7 Å². The van der Waals surface area contributed by atoms with Gasteiger partial charge in [-0.3, -0.25) is 24.2 Å². The van der Waals surface area contributed by atoms with Crippen molar-refractivity contribution in [3.8, 4) is 5.75 Å². The molecule has 1 aromatic carbocycles. The van der Waals surface area contributed by atoms with Crippen molar-refractivity contribution in [1.82, 2.24) is 25.4 Å². The number of ether oxygens (including phenoxy) is 1. The van der Waals surface area contributed by atoms with Crippen molar-refractivity contribution in [2.75, 3.05) is 33.2 Å². The second kappa shape index (κ2) is 12.4. The molecular formula is C31H39N5O5S. The van der Waals surface area contributed by atoms with E-state index in [4.69, 9.17) is 4.74 Å². The van der Waals surface area contributed by atoms with Crippen molar-refractivity contribution in [2.45, 2.75) is 63.5 Å². The summed E-state index contributed by atoms with van der Waals surface area (Å²) in [5.41, 5.74) is 3.68. The summed E-state index contributed by atoms with van der Waals surface area (Å²) in [6, 6.07) is 5.58. The fourth-order valence-corrected chi connectivity index (χ4v) is 7.40. The van der Waals surface area contributed by atoms with E-state index in [0.29, 0.717) is 62.5 Å². The first-order valence-electron chi connectivity index (χ1n) is 15.2. The molecule has 3 heterocycles. The van der Waals surface area contributed by atoms with E-state index in [1.54, 1.807) is 23.7 Å². The Kier molecular flexibility index (Phi) is 8.46. The van der Waals surface area contributed by atoms with E-state index in [1.165, 1.54) is 11.3 Å². The summed E-state index contributed by atoms with van der Waals surface area (Å²) >= 11 is 1.33. The number of amides is 4. The first-order valence-corrected chi connectivity index (χ1v) is 16.1. The van der Waals surface area contributed by atoms with Crippen molar-refractivity contribution in [3.05, 3.63) is 45.9 Å². The van der Waals surface area contributed by atoms with Crippen LogP contribution in [0.15, 0.2) is 29.9 Å². The minimum Gasteiger partial charge on any atom is -0.488 e. The Hall–Kier alpha value is -3.47. The molecule has 2 aliphatic carbocycles. The molecule has 4 amide bonds. The summed E-state index contributed by atoms with van der Waals surface area (Å²) < 4.78 is 6.60. The predicted octanol–water partition coefficient (Wildman–Crippen LogP) is 2.94. The van der Waals surface area contributed by atoms with Crippen LogP contribution in [0.5, 0.6) is 5.75 Å². The van der Waals surface area contributed by atoms with Crippen LogP contribution in [0, 0.1) is 17.8 Å². The van der Waals surface area contributed by atoms with E-state index in [0.717, 1.165) is 36.8 Å². The number of fused-ring (bicyclic) bond motifs is 1. The smallest absolute Gasteiger partial charge is 0.265 e. The molecule has 6 rings (SSSR count). The Labute approximate surface area is 250 Å². The molecule has 42 heavy (non-hydrogen) atoms. The zero-order valence-electron chi connectivity index (χ0n) is 24.0. The highest BCUT2D eigenvalue weighted by molar-refractivity contribution is 7.11. The molecule has 2 aliphatic heterocycles. The number of hydrogen-bond donors (Lipinski definition) is 2. The second-order valence-electron chi connectivity index (χ2n) is 11.9. The van der Waals surface area contributed by atoms with Gasteiger partial charge in [0.05, 0.1) is 24.3 Å². The zero-order chi connectivity index (χ0) is 29.2. The van der Waals surface area contributed by atoms with Crippen molar-refractivity contribution in [1.29, 1.82) is 0 Å². The molecule has 1 saturated heterocycles. The van der Waals surface area contributed by atoms with Crippen LogP contribution >= 0.6 is 11.3 Å². The van der Waals surface area contributed by atoms with Gasteiger partial charge in [-0.25, -0.2) is 0 Å². The maximum atomic E-state index is 14.2. The molecule has 0 unspecified atom stereocenters. The molecule has 0 bridgehead atoms. The Morgan fingerprint density at radius 2 is 1.83 bits per heavy atom. The van der Waals surface area contributed by atoms with E-state index in [-0.39, 0.29) is 47.5 Å². The largest absolute Gasteiger partial charge is 0.488 e. The normalized spacial score (nSPS) is 25.5. The van der Waals surface area contributed by atoms with Gasteiger partial charge in [-0.15, -0.1) is 11.3 Å². The van der Waals surface area contributed by atoms with Gasteiger partial charge in [0.1, 0.15) is 16.7 Å². The molecule has 11 heteroatoms. The van der Waals surface area contributed by atoms with Gasteiger partial charge in [-0.05, 0) is 43.7 Å². The number of thiazole rings is 1. The van der Waals surface area contributed by atoms with Crippen molar-refractivity contribution in [2.24, 2.45) is 17.8 Å². The van der Waals surface area contributed by atoms with Crippen molar-refractivity contribution < 1.29 is 23.9 Å². The third kappa shape index (κ3) is 5.88. The fraction of sp³-hybridized carbons (Fsp3) is 0.581. The summed E-state index contributed by atoms with van der Waals surface area (Å²) in [4.78, 5) is 61.0. The van der Waals surface area contributed by atoms with Crippen LogP contribution in [0.1, 0.15) is 71.8 Å². The first kappa shape index (κ1) is 28.6.